The molecule has 0 fully saturated rings. The molecule has 0 N–H and O–H groups in total. The van der Waals surface area contributed by atoms with Crippen molar-refractivity contribution in [1.82, 2.24) is 0 Å². The Bertz CT molecular complexity index is 513. The van der Waals surface area contributed by atoms with Crippen LogP contribution in [-0.4, -0.2) is 30.3 Å². The van der Waals surface area contributed by atoms with Crippen LogP contribution in [0.5, 0.6) is 5.75 Å². The first-order chi connectivity index (χ1) is 9.67. The molecular formula is C15H17BrO4. The van der Waals surface area contributed by atoms with Crippen LogP contribution in [0.3, 0.4) is 0 Å². The molecule has 0 amide bonds. The van der Waals surface area contributed by atoms with Gasteiger partial charge in [-0.25, -0.2) is 0 Å². The molecule has 0 spiro atoms. The van der Waals surface area contributed by atoms with Crippen LogP contribution in [0.4, 0.5) is 0 Å². The second-order valence-electron chi connectivity index (χ2n) is 4.61. The highest BCUT2D eigenvalue weighted by atomic mass is 79.9. The van der Waals surface area contributed by atoms with Gasteiger partial charge in [0.15, 0.2) is 5.78 Å². The van der Waals surface area contributed by atoms with Gasteiger partial charge in [0.2, 0.25) is 0 Å². The van der Waals surface area contributed by atoms with Crippen molar-refractivity contribution < 1.29 is 19.1 Å². The van der Waals surface area contributed by atoms with Crippen LogP contribution in [-0.2, 0) is 20.7 Å². The minimum Gasteiger partial charge on any atom is -0.493 e. The van der Waals surface area contributed by atoms with Crippen molar-refractivity contribution in [2.24, 2.45) is 0 Å². The van der Waals surface area contributed by atoms with E-state index >= 15 is 0 Å². The first-order valence-corrected chi connectivity index (χ1v) is 7.78. The molecule has 0 saturated heterocycles. The van der Waals surface area contributed by atoms with E-state index in [1.54, 1.807) is 6.92 Å². The van der Waals surface area contributed by atoms with E-state index in [0.717, 1.165) is 11.1 Å². The van der Waals surface area contributed by atoms with Gasteiger partial charge in [0.25, 0.3) is 0 Å². The topological polar surface area (TPSA) is 52.6 Å². The Hall–Kier alpha value is -1.36. The van der Waals surface area contributed by atoms with Gasteiger partial charge in [-0.1, -0.05) is 34.1 Å². The average molecular weight is 341 g/mol. The number of rotatable bonds is 5. The Labute approximate surface area is 126 Å². The summed E-state index contributed by atoms with van der Waals surface area (Å²) in [7, 11) is 0. The summed E-state index contributed by atoms with van der Waals surface area (Å²) in [6, 6.07) is 5.60. The molecule has 1 aliphatic rings. The minimum atomic E-state index is -0.279. The molecule has 108 valence electrons. The van der Waals surface area contributed by atoms with E-state index in [4.69, 9.17) is 9.47 Å². The molecule has 4 nitrogen and oxygen atoms in total. The monoisotopic (exact) mass is 340 g/mol. The number of carbonyl (C=O) groups is 2. The van der Waals surface area contributed by atoms with Gasteiger partial charge in [-0.2, -0.15) is 0 Å². The van der Waals surface area contributed by atoms with Crippen LogP contribution in [0.15, 0.2) is 18.2 Å². The van der Waals surface area contributed by atoms with Crippen LogP contribution in [0.25, 0.3) is 0 Å². The number of carbonyl (C=O) groups excluding carboxylic acids is 2. The van der Waals surface area contributed by atoms with Gasteiger partial charge in [-0.15, -0.1) is 0 Å². The van der Waals surface area contributed by atoms with E-state index in [1.165, 1.54) is 0 Å². The van der Waals surface area contributed by atoms with E-state index in [9.17, 15) is 9.59 Å². The third kappa shape index (κ3) is 3.20. The lowest BCUT2D eigenvalue weighted by molar-refractivity contribution is -0.142. The molecule has 1 aromatic rings. The van der Waals surface area contributed by atoms with Crippen LogP contribution < -0.4 is 4.74 Å². The zero-order valence-corrected chi connectivity index (χ0v) is 12.9. The number of fused-ring (bicyclic) bond motifs is 1. The third-order valence-corrected chi connectivity index (χ3v) is 3.87. The van der Waals surface area contributed by atoms with E-state index in [0.29, 0.717) is 30.7 Å². The quantitative estimate of drug-likeness (QED) is 0.610. The number of esters is 1. The number of hydrogen-bond donors (Lipinski definition) is 0. The molecular weight excluding hydrogens is 324 g/mol. The van der Waals surface area contributed by atoms with Crippen molar-refractivity contribution >= 4 is 27.7 Å². The highest BCUT2D eigenvalue weighted by molar-refractivity contribution is 9.09. The standard InChI is InChI=1S/C15H17BrO4/c1-2-19-14(18)8-10-4-3-5-12-11(13(17)9-16)6-7-20-15(10)12/h3-5,11H,2,6-9H2,1H3. The maximum Gasteiger partial charge on any atom is 0.310 e. The summed E-state index contributed by atoms with van der Waals surface area (Å²) in [5, 5.41) is 0.333. The lowest BCUT2D eigenvalue weighted by Gasteiger charge is -2.26. The SMILES string of the molecule is CCOC(=O)Cc1cccc2c1OCCC2C(=O)CBr. The Kier molecular flexibility index (Phi) is 5.17. The summed E-state index contributed by atoms with van der Waals surface area (Å²) in [5.41, 5.74) is 1.66. The Balaban J connectivity index is 2.29. The van der Waals surface area contributed by atoms with Crippen LogP contribution in [0.2, 0.25) is 0 Å². The second kappa shape index (κ2) is 6.88. The van der Waals surface area contributed by atoms with Gasteiger partial charge in [0.05, 0.1) is 30.9 Å². The van der Waals surface area contributed by atoms with Crippen LogP contribution in [0, 0.1) is 0 Å². The maximum atomic E-state index is 12.0. The lowest BCUT2D eigenvalue weighted by Crippen LogP contribution is -2.23. The number of benzene rings is 1. The first-order valence-electron chi connectivity index (χ1n) is 6.66. The van der Waals surface area contributed by atoms with E-state index in [1.807, 2.05) is 18.2 Å². The van der Waals surface area contributed by atoms with Crippen molar-refractivity contribution in [3.8, 4) is 5.75 Å². The van der Waals surface area contributed by atoms with E-state index in [-0.39, 0.29) is 24.1 Å². The summed E-state index contributed by atoms with van der Waals surface area (Å²) in [6.07, 6.45) is 0.854. The fourth-order valence-electron chi connectivity index (χ4n) is 2.42. The van der Waals surface area contributed by atoms with E-state index in [2.05, 4.69) is 15.9 Å². The lowest BCUT2D eigenvalue weighted by atomic mass is 9.88. The zero-order valence-electron chi connectivity index (χ0n) is 11.4. The predicted molar refractivity (Wildman–Crippen MR) is 78.4 cm³/mol. The minimum absolute atomic E-state index is 0.142. The molecule has 0 bridgehead atoms. The summed E-state index contributed by atoms with van der Waals surface area (Å²) in [5.74, 6) is 0.382. The molecule has 1 heterocycles. The molecule has 5 heteroatoms. The molecule has 1 aliphatic heterocycles. The molecule has 1 aromatic carbocycles. The number of para-hydroxylation sites is 1. The predicted octanol–water partition coefficient (Wildman–Crippen LogP) is 2.62. The van der Waals surface area contributed by atoms with E-state index < -0.39 is 0 Å². The molecule has 2 rings (SSSR count). The van der Waals surface area contributed by atoms with Crippen molar-refractivity contribution in [3.05, 3.63) is 29.3 Å². The summed E-state index contributed by atoms with van der Waals surface area (Å²) >= 11 is 3.22. The molecule has 0 aromatic heterocycles. The molecule has 1 atom stereocenters. The van der Waals surface area contributed by atoms with Crippen LogP contribution >= 0.6 is 15.9 Å². The number of halogens is 1. The van der Waals surface area contributed by atoms with Crippen molar-refractivity contribution in [2.45, 2.75) is 25.7 Å². The van der Waals surface area contributed by atoms with Gasteiger partial charge in [0, 0.05) is 11.1 Å². The van der Waals surface area contributed by atoms with Gasteiger partial charge in [0.1, 0.15) is 5.75 Å². The number of Topliss-reactive ketones (excluding diaryl/α,β-unsaturated/α-hetero) is 1. The average Bonchev–Trinajstić information content (AvgIpc) is 2.46. The molecule has 1 unspecified atom stereocenters. The van der Waals surface area contributed by atoms with Gasteiger partial charge in [-0.3, -0.25) is 9.59 Å². The Morgan fingerprint density at radius 3 is 2.95 bits per heavy atom. The van der Waals surface area contributed by atoms with Crippen molar-refractivity contribution in [1.29, 1.82) is 0 Å². The summed E-state index contributed by atoms with van der Waals surface area (Å²) in [6.45, 7) is 2.63. The fraction of sp³-hybridized carbons (Fsp3) is 0.467. The van der Waals surface area contributed by atoms with Gasteiger partial charge in [-0.05, 0) is 13.3 Å². The van der Waals surface area contributed by atoms with Crippen molar-refractivity contribution in [2.75, 3.05) is 18.5 Å². The van der Waals surface area contributed by atoms with Gasteiger partial charge >= 0.3 is 5.97 Å². The smallest absolute Gasteiger partial charge is 0.310 e. The molecule has 0 radical (unpaired) electrons. The Morgan fingerprint density at radius 1 is 1.45 bits per heavy atom. The highest BCUT2D eigenvalue weighted by Crippen LogP contribution is 2.37. The fourth-order valence-corrected chi connectivity index (χ4v) is 2.81. The number of ether oxygens (including phenoxy) is 2. The number of ketones is 1. The second-order valence-corrected chi connectivity index (χ2v) is 5.17. The number of hydrogen-bond acceptors (Lipinski definition) is 4. The molecule has 20 heavy (non-hydrogen) atoms. The summed E-state index contributed by atoms with van der Waals surface area (Å²) < 4.78 is 10.6. The third-order valence-electron chi connectivity index (χ3n) is 3.32. The molecule has 0 saturated carbocycles. The Morgan fingerprint density at radius 2 is 2.25 bits per heavy atom. The van der Waals surface area contributed by atoms with Crippen LogP contribution in [0.1, 0.15) is 30.4 Å². The maximum absolute atomic E-state index is 12.0. The normalized spacial score (nSPS) is 17.0. The first kappa shape index (κ1) is 15.0. The molecule has 0 aliphatic carbocycles. The highest BCUT2D eigenvalue weighted by Gasteiger charge is 2.28. The van der Waals surface area contributed by atoms with Gasteiger partial charge < -0.3 is 9.47 Å². The van der Waals surface area contributed by atoms with Crippen molar-refractivity contribution in [3.63, 3.8) is 0 Å². The largest absolute Gasteiger partial charge is 0.493 e. The zero-order chi connectivity index (χ0) is 14.5. The number of alkyl halides is 1. The summed E-state index contributed by atoms with van der Waals surface area (Å²) in [4.78, 5) is 23.6.